The summed E-state index contributed by atoms with van der Waals surface area (Å²) in [6, 6.07) is 10.3. The van der Waals surface area contributed by atoms with Gasteiger partial charge in [0.2, 0.25) is 5.91 Å². The Labute approximate surface area is 153 Å². The van der Waals surface area contributed by atoms with Crippen molar-refractivity contribution in [2.45, 2.75) is 38.1 Å². The number of likely N-dealkylation sites (tertiary alicyclic amines) is 1. The zero-order valence-electron chi connectivity index (χ0n) is 15.1. The zero-order chi connectivity index (χ0) is 18.3. The molecule has 1 aromatic carbocycles. The Balaban J connectivity index is 1.64. The van der Waals surface area contributed by atoms with Gasteiger partial charge in [0.25, 0.3) is 0 Å². The minimum absolute atomic E-state index is 0.107. The van der Waals surface area contributed by atoms with E-state index in [-0.39, 0.29) is 23.8 Å². The molecule has 1 aliphatic heterocycles. The average molecular weight is 348 g/mol. The Morgan fingerprint density at radius 3 is 2.81 bits per heavy atom. The predicted octanol–water partition coefficient (Wildman–Crippen LogP) is 2.80. The lowest BCUT2D eigenvalue weighted by Crippen LogP contribution is -2.50. The highest BCUT2D eigenvalue weighted by Gasteiger charge is 2.38. The van der Waals surface area contributed by atoms with E-state index in [1.165, 1.54) is 5.56 Å². The summed E-state index contributed by atoms with van der Waals surface area (Å²) in [5, 5.41) is 10.4. The van der Waals surface area contributed by atoms with Gasteiger partial charge in [-0.25, -0.2) is 0 Å². The van der Waals surface area contributed by atoms with Gasteiger partial charge >= 0.3 is 0 Å². The van der Waals surface area contributed by atoms with Crippen molar-refractivity contribution in [2.75, 3.05) is 13.1 Å². The molecule has 0 spiro atoms. The summed E-state index contributed by atoms with van der Waals surface area (Å²) in [6.45, 7) is 3.78. The van der Waals surface area contributed by atoms with Gasteiger partial charge in [-0.2, -0.15) is 5.26 Å². The standard InChI is InChI=1S/C21H24N4O/c1-13-7-16(12-25(11-13)21(26)15-8-17(23)9-15)18-5-4-14(10-22)20-19(18)3-2-6-24-20/h2-6,13,15-17H,7-9,11-12,23H2,1H3. The molecule has 5 heteroatoms. The number of carbonyl (C=O) groups is 1. The molecule has 2 aliphatic rings. The molecule has 2 N–H and O–H groups in total. The number of rotatable bonds is 2. The van der Waals surface area contributed by atoms with Crippen LogP contribution in [0.15, 0.2) is 30.5 Å². The second-order valence-electron chi connectivity index (χ2n) is 7.92. The second kappa shape index (κ2) is 6.69. The summed E-state index contributed by atoms with van der Waals surface area (Å²) < 4.78 is 0. The van der Waals surface area contributed by atoms with Gasteiger partial charge in [0, 0.05) is 42.6 Å². The monoisotopic (exact) mass is 348 g/mol. The average Bonchev–Trinajstić information content (AvgIpc) is 2.63. The third kappa shape index (κ3) is 2.95. The first-order chi connectivity index (χ1) is 12.6. The first kappa shape index (κ1) is 17.0. The third-order valence-electron chi connectivity index (χ3n) is 5.86. The number of nitriles is 1. The molecule has 1 amide bonds. The molecule has 2 aromatic rings. The Morgan fingerprint density at radius 2 is 2.08 bits per heavy atom. The van der Waals surface area contributed by atoms with Crippen LogP contribution in [0, 0.1) is 23.2 Å². The number of piperidine rings is 1. The topological polar surface area (TPSA) is 83.0 Å². The predicted molar refractivity (Wildman–Crippen MR) is 100 cm³/mol. The summed E-state index contributed by atoms with van der Waals surface area (Å²) >= 11 is 0. The molecular formula is C21H24N4O. The summed E-state index contributed by atoms with van der Waals surface area (Å²) in [5.41, 5.74) is 8.42. The molecule has 1 aromatic heterocycles. The van der Waals surface area contributed by atoms with E-state index in [0.717, 1.165) is 43.3 Å². The fourth-order valence-corrected chi connectivity index (χ4v) is 4.52. The molecule has 0 radical (unpaired) electrons. The molecule has 2 fully saturated rings. The number of hydrogen-bond donors (Lipinski definition) is 1. The molecule has 4 rings (SSSR count). The Morgan fingerprint density at radius 1 is 1.27 bits per heavy atom. The second-order valence-corrected chi connectivity index (χ2v) is 7.92. The van der Waals surface area contributed by atoms with Crippen LogP contribution >= 0.6 is 0 Å². The van der Waals surface area contributed by atoms with Crippen molar-refractivity contribution in [3.05, 3.63) is 41.6 Å². The lowest BCUT2D eigenvalue weighted by Gasteiger charge is -2.41. The van der Waals surface area contributed by atoms with E-state index < -0.39 is 0 Å². The number of benzene rings is 1. The van der Waals surface area contributed by atoms with Gasteiger partial charge in [0.1, 0.15) is 6.07 Å². The van der Waals surface area contributed by atoms with Gasteiger partial charge in [0.05, 0.1) is 11.1 Å². The molecule has 2 unspecified atom stereocenters. The van der Waals surface area contributed by atoms with Crippen molar-refractivity contribution in [1.82, 2.24) is 9.88 Å². The van der Waals surface area contributed by atoms with Crippen LogP contribution in [0.3, 0.4) is 0 Å². The van der Waals surface area contributed by atoms with Gasteiger partial charge in [-0.15, -0.1) is 0 Å². The van der Waals surface area contributed by atoms with Gasteiger partial charge in [-0.05, 0) is 42.9 Å². The fraction of sp³-hybridized carbons (Fsp3) is 0.476. The van der Waals surface area contributed by atoms with E-state index in [1.54, 1.807) is 6.20 Å². The van der Waals surface area contributed by atoms with E-state index in [0.29, 0.717) is 11.5 Å². The number of aromatic nitrogens is 1. The lowest BCUT2D eigenvalue weighted by atomic mass is 9.78. The Kier molecular flexibility index (Phi) is 4.37. The first-order valence-electron chi connectivity index (χ1n) is 9.39. The Hall–Kier alpha value is -2.45. The minimum Gasteiger partial charge on any atom is -0.342 e. The largest absolute Gasteiger partial charge is 0.342 e. The summed E-state index contributed by atoms with van der Waals surface area (Å²) in [7, 11) is 0. The van der Waals surface area contributed by atoms with Crippen molar-refractivity contribution < 1.29 is 4.79 Å². The fourth-order valence-electron chi connectivity index (χ4n) is 4.52. The van der Waals surface area contributed by atoms with E-state index >= 15 is 0 Å². The molecule has 2 atom stereocenters. The number of fused-ring (bicyclic) bond motifs is 1. The summed E-state index contributed by atoms with van der Waals surface area (Å²) in [6.07, 6.45) is 4.41. The number of carbonyl (C=O) groups excluding carboxylic acids is 1. The van der Waals surface area contributed by atoms with E-state index in [2.05, 4.69) is 18.0 Å². The molecular weight excluding hydrogens is 324 g/mol. The number of nitrogens with zero attached hydrogens (tertiary/aromatic N) is 3. The molecule has 5 nitrogen and oxygen atoms in total. The van der Waals surface area contributed by atoms with Crippen LogP contribution in [0.4, 0.5) is 0 Å². The van der Waals surface area contributed by atoms with Gasteiger partial charge < -0.3 is 10.6 Å². The van der Waals surface area contributed by atoms with E-state index in [9.17, 15) is 10.1 Å². The molecule has 1 saturated carbocycles. The quantitative estimate of drug-likeness (QED) is 0.904. The molecule has 26 heavy (non-hydrogen) atoms. The smallest absolute Gasteiger partial charge is 0.225 e. The van der Waals surface area contributed by atoms with Crippen molar-refractivity contribution in [3.8, 4) is 6.07 Å². The highest BCUT2D eigenvalue weighted by molar-refractivity contribution is 5.87. The molecule has 1 saturated heterocycles. The van der Waals surface area contributed by atoms with Crippen molar-refractivity contribution in [2.24, 2.45) is 17.6 Å². The SMILES string of the molecule is CC1CC(c2ccc(C#N)c3ncccc23)CN(C(=O)C2CC(N)C2)C1. The molecule has 134 valence electrons. The number of nitrogens with two attached hydrogens (primary N) is 1. The van der Waals surface area contributed by atoms with Crippen LogP contribution in [0.5, 0.6) is 0 Å². The van der Waals surface area contributed by atoms with Gasteiger partial charge in [-0.3, -0.25) is 9.78 Å². The van der Waals surface area contributed by atoms with Crippen molar-refractivity contribution in [3.63, 3.8) is 0 Å². The highest BCUT2D eigenvalue weighted by atomic mass is 16.2. The van der Waals surface area contributed by atoms with E-state index in [1.807, 2.05) is 29.2 Å². The van der Waals surface area contributed by atoms with Crippen LogP contribution in [-0.2, 0) is 4.79 Å². The zero-order valence-corrected chi connectivity index (χ0v) is 15.1. The molecule has 0 bridgehead atoms. The maximum atomic E-state index is 12.8. The van der Waals surface area contributed by atoms with Crippen LogP contribution in [0.25, 0.3) is 10.9 Å². The van der Waals surface area contributed by atoms with Crippen molar-refractivity contribution >= 4 is 16.8 Å². The number of hydrogen-bond acceptors (Lipinski definition) is 4. The van der Waals surface area contributed by atoms with Crippen molar-refractivity contribution in [1.29, 1.82) is 5.26 Å². The number of amides is 1. The summed E-state index contributed by atoms with van der Waals surface area (Å²) in [4.78, 5) is 19.3. The van der Waals surface area contributed by atoms with Crippen LogP contribution in [-0.4, -0.2) is 34.9 Å². The van der Waals surface area contributed by atoms with Gasteiger partial charge in [-0.1, -0.05) is 19.1 Å². The molecule has 1 aliphatic carbocycles. The first-order valence-corrected chi connectivity index (χ1v) is 9.39. The number of pyridine rings is 1. The third-order valence-corrected chi connectivity index (χ3v) is 5.86. The molecule has 2 heterocycles. The maximum Gasteiger partial charge on any atom is 0.225 e. The van der Waals surface area contributed by atoms with Crippen LogP contribution in [0.1, 0.15) is 43.2 Å². The van der Waals surface area contributed by atoms with Crippen LogP contribution in [0.2, 0.25) is 0 Å². The minimum atomic E-state index is 0.107. The lowest BCUT2D eigenvalue weighted by molar-refractivity contribution is -0.140. The Bertz CT molecular complexity index is 881. The summed E-state index contributed by atoms with van der Waals surface area (Å²) in [5.74, 6) is 1.10. The van der Waals surface area contributed by atoms with E-state index in [4.69, 9.17) is 5.73 Å². The normalized spacial score (nSPS) is 28.4. The van der Waals surface area contributed by atoms with Crippen LogP contribution < -0.4 is 5.73 Å². The highest BCUT2D eigenvalue weighted by Crippen LogP contribution is 2.36. The van der Waals surface area contributed by atoms with Gasteiger partial charge in [0.15, 0.2) is 0 Å². The maximum absolute atomic E-state index is 12.8.